The number of phenols is 2. The van der Waals surface area contributed by atoms with Crippen LogP contribution in [0, 0.1) is 0 Å². The van der Waals surface area contributed by atoms with E-state index in [0.29, 0.717) is 11.5 Å². The molecule has 0 saturated heterocycles. The Bertz CT molecular complexity index is 1000. The van der Waals surface area contributed by atoms with Crippen molar-refractivity contribution in [3.63, 3.8) is 0 Å². The molecule has 0 fully saturated rings. The van der Waals surface area contributed by atoms with Crippen LogP contribution in [-0.4, -0.2) is 10.2 Å². The highest BCUT2D eigenvalue weighted by Gasteiger charge is 2.36. The van der Waals surface area contributed by atoms with Gasteiger partial charge in [0.25, 0.3) is 0 Å². The number of benzene rings is 2. The van der Waals surface area contributed by atoms with Crippen molar-refractivity contribution in [1.82, 2.24) is 0 Å². The Morgan fingerprint density at radius 1 is 0.455 bits per heavy atom. The molecule has 0 amide bonds. The molecule has 2 nitrogen and oxygen atoms in total. The van der Waals surface area contributed by atoms with Crippen molar-refractivity contribution >= 4 is 0 Å². The predicted octanol–water partition coefficient (Wildman–Crippen LogP) is 13.4. The van der Waals surface area contributed by atoms with Crippen LogP contribution < -0.4 is 0 Å². The van der Waals surface area contributed by atoms with Crippen LogP contribution >= 0.6 is 0 Å². The molecule has 2 aromatic carbocycles. The van der Waals surface area contributed by atoms with Crippen LogP contribution in [0.5, 0.6) is 11.5 Å². The third-order valence-electron chi connectivity index (χ3n) is 10.6. The van der Waals surface area contributed by atoms with Crippen molar-refractivity contribution in [2.75, 3.05) is 0 Å². The van der Waals surface area contributed by atoms with E-state index >= 15 is 0 Å². The first kappa shape index (κ1) is 38.2. The molecule has 0 aliphatic heterocycles. The van der Waals surface area contributed by atoms with Crippen LogP contribution in [0.1, 0.15) is 200 Å². The maximum Gasteiger partial charge on any atom is 0.119 e. The fourth-order valence-electron chi connectivity index (χ4n) is 7.54. The highest BCUT2D eigenvalue weighted by atomic mass is 16.3. The summed E-state index contributed by atoms with van der Waals surface area (Å²) in [5.41, 5.74) is 4.40. The maximum atomic E-state index is 11.1. The highest BCUT2D eigenvalue weighted by molar-refractivity contribution is 5.51. The summed E-state index contributed by atoms with van der Waals surface area (Å²) in [5, 5.41) is 22.3. The summed E-state index contributed by atoms with van der Waals surface area (Å²) in [6, 6.07) is 12.9. The predicted molar refractivity (Wildman–Crippen MR) is 193 cm³/mol. The first-order chi connectivity index (χ1) is 21.0. The first-order valence-corrected chi connectivity index (χ1v) is 18.7. The van der Waals surface area contributed by atoms with E-state index in [-0.39, 0.29) is 16.2 Å². The van der Waals surface area contributed by atoms with Crippen LogP contribution in [0.15, 0.2) is 36.4 Å². The van der Waals surface area contributed by atoms with E-state index in [1.165, 1.54) is 101 Å². The number of hydrogen-bond acceptors (Lipinski definition) is 2. The van der Waals surface area contributed by atoms with Crippen molar-refractivity contribution in [3.8, 4) is 11.5 Å². The van der Waals surface area contributed by atoms with Crippen LogP contribution in [0.2, 0.25) is 0 Å². The van der Waals surface area contributed by atoms with Crippen molar-refractivity contribution in [2.24, 2.45) is 0 Å². The van der Waals surface area contributed by atoms with Crippen LogP contribution in [0.3, 0.4) is 0 Å². The second kappa shape index (κ2) is 18.9. The summed E-state index contributed by atoms with van der Waals surface area (Å²) >= 11 is 0. The van der Waals surface area contributed by atoms with Crippen LogP contribution in [-0.2, 0) is 16.2 Å². The average molecular weight is 607 g/mol. The Hall–Kier alpha value is -1.96. The van der Waals surface area contributed by atoms with Gasteiger partial charge < -0.3 is 10.2 Å². The largest absolute Gasteiger partial charge is 0.508 e. The molecule has 0 radical (unpaired) electrons. The second-order valence-corrected chi connectivity index (χ2v) is 15.2. The molecule has 44 heavy (non-hydrogen) atoms. The Morgan fingerprint density at radius 3 is 1.16 bits per heavy atom. The van der Waals surface area contributed by atoms with Gasteiger partial charge in [0.05, 0.1) is 0 Å². The minimum absolute atomic E-state index is 0.0894. The third-order valence-corrected chi connectivity index (χ3v) is 10.6. The number of phenolic OH excluding ortho intramolecular Hbond substituents is 2. The molecular weight excluding hydrogens is 536 g/mol. The van der Waals surface area contributed by atoms with E-state index in [1.54, 1.807) is 0 Å². The van der Waals surface area contributed by atoms with Crippen LogP contribution in [0.4, 0.5) is 0 Å². The molecule has 0 atom stereocenters. The lowest BCUT2D eigenvalue weighted by Gasteiger charge is -2.37. The van der Waals surface area contributed by atoms with Gasteiger partial charge in [0, 0.05) is 5.41 Å². The fraction of sp³-hybridized carbons (Fsp3) is 0.714. The topological polar surface area (TPSA) is 40.5 Å². The smallest absolute Gasteiger partial charge is 0.119 e. The number of hydrogen-bond donors (Lipinski definition) is 2. The summed E-state index contributed by atoms with van der Waals surface area (Å²) < 4.78 is 0. The Labute approximate surface area is 273 Å². The normalized spacial score (nSPS) is 12.6. The molecule has 0 heterocycles. The molecule has 0 aliphatic carbocycles. The maximum absolute atomic E-state index is 11.1. The summed E-state index contributed by atoms with van der Waals surface area (Å²) in [4.78, 5) is 0. The zero-order valence-corrected chi connectivity index (χ0v) is 30.3. The fourth-order valence-corrected chi connectivity index (χ4v) is 7.54. The van der Waals surface area contributed by atoms with Gasteiger partial charge in [-0.25, -0.2) is 0 Å². The van der Waals surface area contributed by atoms with Gasteiger partial charge in [-0.2, -0.15) is 0 Å². The van der Waals surface area contributed by atoms with Crippen LogP contribution in [0.25, 0.3) is 0 Å². The van der Waals surface area contributed by atoms with Gasteiger partial charge in [-0.15, -0.1) is 0 Å². The SMILES string of the molecule is CCCCCCCCCC(C)(C)c1cc(C(CC)(CCC)c2ccc(O)c(C(C)(C)CCCCCCCCC)c2)ccc1O. The molecule has 2 rings (SSSR count). The Kier molecular flexibility index (Phi) is 16.4. The van der Waals surface area contributed by atoms with Gasteiger partial charge >= 0.3 is 0 Å². The number of rotatable bonds is 23. The Morgan fingerprint density at radius 2 is 0.818 bits per heavy atom. The van der Waals surface area contributed by atoms with Crippen molar-refractivity contribution in [2.45, 2.75) is 194 Å². The summed E-state index contributed by atoms with van der Waals surface area (Å²) in [6.45, 7) is 18.4. The van der Waals surface area contributed by atoms with Crippen molar-refractivity contribution in [3.05, 3.63) is 58.7 Å². The number of aromatic hydroxyl groups is 2. The molecule has 0 aromatic heterocycles. The Balaban J connectivity index is 2.33. The van der Waals surface area contributed by atoms with Gasteiger partial charge in [-0.05, 0) is 70.9 Å². The molecule has 2 heteroatoms. The highest BCUT2D eigenvalue weighted by Crippen LogP contribution is 2.46. The first-order valence-electron chi connectivity index (χ1n) is 18.7. The van der Waals surface area contributed by atoms with E-state index < -0.39 is 0 Å². The van der Waals surface area contributed by atoms with E-state index in [1.807, 2.05) is 12.1 Å². The molecule has 0 aliphatic rings. The third kappa shape index (κ3) is 10.8. The molecule has 0 bridgehead atoms. The van der Waals surface area contributed by atoms with Gasteiger partial charge in [-0.3, -0.25) is 0 Å². The monoisotopic (exact) mass is 607 g/mol. The van der Waals surface area contributed by atoms with E-state index in [4.69, 9.17) is 0 Å². The van der Waals surface area contributed by atoms with E-state index in [2.05, 4.69) is 79.7 Å². The summed E-state index contributed by atoms with van der Waals surface area (Å²) in [7, 11) is 0. The zero-order valence-electron chi connectivity index (χ0n) is 30.3. The molecular formula is C42H70O2. The molecule has 250 valence electrons. The minimum atomic E-state index is -0.162. The zero-order chi connectivity index (χ0) is 32.6. The van der Waals surface area contributed by atoms with Gasteiger partial charge in [0.1, 0.15) is 11.5 Å². The molecule has 0 saturated carbocycles. The van der Waals surface area contributed by atoms with Crippen molar-refractivity contribution in [1.29, 1.82) is 0 Å². The molecule has 2 N–H and O–H groups in total. The molecule has 0 unspecified atom stereocenters. The van der Waals surface area contributed by atoms with E-state index in [9.17, 15) is 10.2 Å². The lowest BCUT2D eigenvalue weighted by molar-refractivity contribution is 0.396. The van der Waals surface area contributed by atoms with E-state index in [0.717, 1.165) is 43.2 Å². The standard InChI is InChI=1S/C42H70O2/c1-9-13-15-17-19-21-23-30-40(5,6)36-32-34(25-27-38(36)43)42(12-4,29-11-3)35-26-28-39(44)37(33-35)41(7,8)31-24-22-20-18-16-14-10-2/h25-28,32-33,43-44H,9-24,29-31H2,1-8H3. The lowest BCUT2D eigenvalue weighted by Crippen LogP contribution is -2.29. The quantitative estimate of drug-likeness (QED) is 0.124. The average Bonchev–Trinajstić information content (AvgIpc) is 2.99. The van der Waals surface area contributed by atoms with Gasteiger partial charge in [-0.1, -0.05) is 176 Å². The van der Waals surface area contributed by atoms with Gasteiger partial charge in [0.15, 0.2) is 0 Å². The minimum Gasteiger partial charge on any atom is -0.508 e. The lowest BCUT2D eigenvalue weighted by atomic mass is 9.66. The molecule has 2 aromatic rings. The second-order valence-electron chi connectivity index (χ2n) is 15.2. The molecule has 0 spiro atoms. The summed E-state index contributed by atoms with van der Waals surface area (Å²) in [6.07, 6.45) is 23.5. The summed E-state index contributed by atoms with van der Waals surface area (Å²) in [5.74, 6) is 0.843. The van der Waals surface area contributed by atoms with Crippen molar-refractivity contribution < 1.29 is 10.2 Å². The van der Waals surface area contributed by atoms with Gasteiger partial charge in [0.2, 0.25) is 0 Å². The number of unbranched alkanes of at least 4 members (excludes halogenated alkanes) is 12.